The van der Waals surface area contributed by atoms with Crippen LogP contribution < -0.4 is 11.1 Å². The molecular formula is C13H17ClN2O2. The molecule has 18 heavy (non-hydrogen) atoms. The lowest BCUT2D eigenvalue weighted by molar-refractivity contribution is 0.0850. The Kier molecular flexibility index (Phi) is 4.09. The second-order valence-corrected chi connectivity index (χ2v) is 5.16. The van der Waals surface area contributed by atoms with Gasteiger partial charge in [0.25, 0.3) is 5.91 Å². The first-order valence-electron chi connectivity index (χ1n) is 6.10. The van der Waals surface area contributed by atoms with Crippen LogP contribution in [0.3, 0.4) is 0 Å². The fraction of sp³-hybridized carbons (Fsp3) is 0.462. The van der Waals surface area contributed by atoms with Crippen molar-refractivity contribution in [3.63, 3.8) is 0 Å². The lowest BCUT2D eigenvalue weighted by atomic mass is 9.93. The van der Waals surface area contributed by atoms with Gasteiger partial charge in [-0.05, 0) is 43.9 Å². The van der Waals surface area contributed by atoms with E-state index in [2.05, 4.69) is 5.32 Å². The number of anilines is 1. The van der Waals surface area contributed by atoms with Crippen molar-refractivity contribution >= 4 is 23.2 Å². The predicted octanol–water partition coefficient (Wildman–Crippen LogP) is 1.96. The van der Waals surface area contributed by atoms with Crippen LogP contribution in [-0.2, 0) is 0 Å². The number of amides is 1. The molecule has 1 aliphatic rings. The summed E-state index contributed by atoms with van der Waals surface area (Å²) in [5, 5.41) is 13.0. The molecule has 2 atom stereocenters. The monoisotopic (exact) mass is 268 g/mol. The second kappa shape index (κ2) is 5.59. The van der Waals surface area contributed by atoms with Crippen LogP contribution in [0.25, 0.3) is 0 Å². The summed E-state index contributed by atoms with van der Waals surface area (Å²) in [6.07, 6.45) is 2.94. The molecule has 1 fully saturated rings. The van der Waals surface area contributed by atoms with Gasteiger partial charge in [-0.3, -0.25) is 4.79 Å². The average Bonchev–Trinajstić information content (AvgIpc) is 2.28. The van der Waals surface area contributed by atoms with Gasteiger partial charge in [-0.1, -0.05) is 11.6 Å². The predicted molar refractivity (Wildman–Crippen MR) is 71.6 cm³/mol. The molecule has 4 nitrogen and oxygen atoms in total. The first kappa shape index (κ1) is 13.2. The fourth-order valence-electron chi connectivity index (χ4n) is 2.30. The van der Waals surface area contributed by atoms with Gasteiger partial charge < -0.3 is 16.2 Å². The summed E-state index contributed by atoms with van der Waals surface area (Å²) in [6, 6.07) is 4.84. The summed E-state index contributed by atoms with van der Waals surface area (Å²) in [5.74, 6) is -0.205. The minimum atomic E-state index is -0.313. The van der Waals surface area contributed by atoms with E-state index >= 15 is 0 Å². The van der Waals surface area contributed by atoms with Gasteiger partial charge >= 0.3 is 0 Å². The number of aliphatic hydroxyl groups is 1. The van der Waals surface area contributed by atoms with Gasteiger partial charge in [-0.25, -0.2) is 0 Å². The highest BCUT2D eigenvalue weighted by atomic mass is 35.5. The highest BCUT2D eigenvalue weighted by Crippen LogP contribution is 2.21. The van der Waals surface area contributed by atoms with Crippen LogP contribution in [0.15, 0.2) is 18.2 Å². The van der Waals surface area contributed by atoms with Crippen LogP contribution in [-0.4, -0.2) is 23.2 Å². The van der Waals surface area contributed by atoms with Gasteiger partial charge in [0.05, 0.1) is 11.7 Å². The molecular weight excluding hydrogens is 252 g/mol. The van der Waals surface area contributed by atoms with Crippen molar-refractivity contribution in [2.24, 2.45) is 0 Å². The standard InChI is InChI=1S/C13H17ClN2O2/c14-8-4-5-11(12(15)6-8)13(18)16-9-2-1-3-10(17)7-9/h4-6,9-10,17H,1-3,7,15H2,(H,16,18). The summed E-state index contributed by atoms with van der Waals surface area (Å²) < 4.78 is 0. The zero-order valence-electron chi connectivity index (χ0n) is 10.0. The van der Waals surface area contributed by atoms with Crippen LogP contribution in [0.4, 0.5) is 5.69 Å². The molecule has 1 aromatic rings. The van der Waals surface area contributed by atoms with Crippen molar-refractivity contribution < 1.29 is 9.90 Å². The largest absolute Gasteiger partial charge is 0.398 e. The lowest BCUT2D eigenvalue weighted by Gasteiger charge is -2.26. The number of nitrogens with one attached hydrogen (secondary N) is 1. The van der Waals surface area contributed by atoms with E-state index < -0.39 is 0 Å². The Labute approximate surface area is 111 Å². The maximum absolute atomic E-state index is 12.0. The number of aliphatic hydroxyl groups excluding tert-OH is 1. The number of nitrogens with two attached hydrogens (primary N) is 1. The molecule has 5 heteroatoms. The summed E-state index contributed by atoms with van der Waals surface area (Å²) in [7, 11) is 0. The van der Waals surface area contributed by atoms with Gasteiger partial charge in [0.2, 0.25) is 0 Å². The quantitative estimate of drug-likeness (QED) is 0.718. The summed E-state index contributed by atoms with van der Waals surface area (Å²) >= 11 is 5.79. The first-order chi connectivity index (χ1) is 8.56. The Bertz CT molecular complexity index is 451. The van der Waals surface area contributed by atoms with Crippen LogP contribution in [0.5, 0.6) is 0 Å². The van der Waals surface area contributed by atoms with Crippen LogP contribution in [0.2, 0.25) is 5.02 Å². The van der Waals surface area contributed by atoms with Gasteiger partial charge in [0.15, 0.2) is 0 Å². The van der Waals surface area contributed by atoms with Crippen molar-refractivity contribution in [3.8, 4) is 0 Å². The third-order valence-corrected chi connectivity index (χ3v) is 3.48. The molecule has 0 heterocycles. The summed E-state index contributed by atoms with van der Waals surface area (Å²) in [6.45, 7) is 0. The minimum Gasteiger partial charge on any atom is -0.398 e. The number of nitrogen functional groups attached to an aromatic ring is 1. The SMILES string of the molecule is Nc1cc(Cl)ccc1C(=O)NC1CCCC(O)C1. The Morgan fingerprint density at radius 1 is 1.44 bits per heavy atom. The number of benzene rings is 1. The molecule has 0 radical (unpaired) electrons. The van der Waals surface area contributed by atoms with E-state index in [9.17, 15) is 9.90 Å². The maximum Gasteiger partial charge on any atom is 0.253 e. The van der Waals surface area contributed by atoms with E-state index in [1.54, 1.807) is 18.2 Å². The molecule has 0 bridgehead atoms. The molecule has 0 spiro atoms. The average molecular weight is 269 g/mol. The van der Waals surface area contributed by atoms with E-state index in [0.717, 1.165) is 19.3 Å². The van der Waals surface area contributed by atoms with Crippen molar-refractivity contribution in [2.45, 2.75) is 37.8 Å². The Morgan fingerprint density at radius 3 is 2.89 bits per heavy atom. The molecule has 2 unspecified atom stereocenters. The molecule has 1 saturated carbocycles. The normalized spacial score (nSPS) is 23.7. The van der Waals surface area contributed by atoms with Gasteiger partial charge in [-0.15, -0.1) is 0 Å². The minimum absolute atomic E-state index is 0.0244. The number of carbonyl (C=O) groups is 1. The van der Waals surface area contributed by atoms with Gasteiger partial charge in [0, 0.05) is 16.8 Å². The number of rotatable bonds is 2. The molecule has 0 aromatic heterocycles. The zero-order chi connectivity index (χ0) is 13.1. The third kappa shape index (κ3) is 3.15. The number of halogens is 1. The third-order valence-electron chi connectivity index (χ3n) is 3.24. The lowest BCUT2D eigenvalue weighted by Crippen LogP contribution is -2.39. The van der Waals surface area contributed by atoms with E-state index in [1.807, 2.05) is 0 Å². The van der Waals surface area contributed by atoms with E-state index in [0.29, 0.717) is 22.7 Å². The molecule has 4 N–H and O–H groups in total. The highest BCUT2D eigenvalue weighted by Gasteiger charge is 2.22. The number of carbonyl (C=O) groups excluding carboxylic acids is 1. The highest BCUT2D eigenvalue weighted by molar-refractivity contribution is 6.31. The first-order valence-corrected chi connectivity index (χ1v) is 6.48. The van der Waals surface area contributed by atoms with Crippen LogP contribution in [0, 0.1) is 0 Å². The molecule has 1 amide bonds. The van der Waals surface area contributed by atoms with Crippen molar-refractivity contribution in [3.05, 3.63) is 28.8 Å². The number of hydrogen-bond acceptors (Lipinski definition) is 3. The van der Waals surface area contributed by atoms with E-state index in [1.165, 1.54) is 0 Å². The molecule has 2 rings (SSSR count). The summed E-state index contributed by atoms with van der Waals surface area (Å²) in [5.41, 5.74) is 6.56. The second-order valence-electron chi connectivity index (χ2n) is 4.72. The fourth-order valence-corrected chi connectivity index (χ4v) is 2.48. The Morgan fingerprint density at radius 2 is 2.22 bits per heavy atom. The van der Waals surface area contributed by atoms with Gasteiger partial charge in [-0.2, -0.15) is 0 Å². The van der Waals surface area contributed by atoms with Crippen LogP contribution in [0.1, 0.15) is 36.0 Å². The van der Waals surface area contributed by atoms with Crippen LogP contribution >= 0.6 is 11.6 Å². The Hall–Kier alpha value is -1.26. The Balaban J connectivity index is 2.03. The van der Waals surface area contributed by atoms with E-state index in [-0.39, 0.29) is 18.1 Å². The molecule has 0 aliphatic heterocycles. The summed E-state index contributed by atoms with van der Waals surface area (Å²) in [4.78, 5) is 12.0. The number of hydrogen-bond donors (Lipinski definition) is 3. The topological polar surface area (TPSA) is 75.4 Å². The van der Waals surface area contributed by atoms with Gasteiger partial charge in [0.1, 0.15) is 0 Å². The molecule has 0 saturated heterocycles. The van der Waals surface area contributed by atoms with Crippen molar-refractivity contribution in [1.82, 2.24) is 5.32 Å². The zero-order valence-corrected chi connectivity index (χ0v) is 10.8. The smallest absolute Gasteiger partial charge is 0.253 e. The van der Waals surface area contributed by atoms with Crippen molar-refractivity contribution in [2.75, 3.05) is 5.73 Å². The van der Waals surface area contributed by atoms with Crippen molar-refractivity contribution in [1.29, 1.82) is 0 Å². The molecule has 1 aliphatic carbocycles. The maximum atomic E-state index is 12.0. The van der Waals surface area contributed by atoms with E-state index in [4.69, 9.17) is 17.3 Å². The molecule has 98 valence electrons. The molecule has 1 aromatic carbocycles.